The lowest BCUT2D eigenvalue weighted by atomic mass is 9.87. The average Bonchev–Trinajstić information content (AvgIpc) is 2.40. The van der Waals surface area contributed by atoms with E-state index in [4.69, 9.17) is 0 Å². The quantitative estimate of drug-likeness (QED) is 0.741. The van der Waals surface area contributed by atoms with Gasteiger partial charge in [-0.15, -0.1) is 0 Å². The maximum absolute atomic E-state index is 13.2. The van der Waals surface area contributed by atoms with E-state index in [-0.39, 0.29) is 0 Å². The molecule has 0 aliphatic carbocycles. The molecule has 1 rings (SSSR count). The molecular weight excluding hydrogens is 244 g/mol. The third-order valence-electron chi connectivity index (χ3n) is 3.70. The second-order valence-corrected chi connectivity index (χ2v) is 5.19. The van der Waals surface area contributed by atoms with Crippen LogP contribution in [0.1, 0.15) is 45.1 Å². The molecule has 19 heavy (non-hydrogen) atoms. The van der Waals surface area contributed by atoms with Gasteiger partial charge in [0, 0.05) is 6.04 Å². The maximum atomic E-state index is 13.2. The van der Waals surface area contributed by atoms with Crippen molar-refractivity contribution in [3.8, 4) is 0 Å². The van der Waals surface area contributed by atoms with Crippen molar-refractivity contribution in [2.75, 3.05) is 7.05 Å². The Bertz CT molecular complexity index is 373. The lowest BCUT2D eigenvalue weighted by molar-refractivity contribution is 0.322. The highest BCUT2D eigenvalue weighted by Crippen LogP contribution is 2.21. The number of hydrogen-bond donors (Lipinski definition) is 1. The Hall–Kier alpha value is -0.960. The molecule has 0 saturated heterocycles. The number of likely N-dealkylation sites (N-methyl/N-ethyl adjacent to an activating group) is 1. The molecule has 108 valence electrons. The Balaban J connectivity index is 2.75. The molecule has 0 aliphatic heterocycles. The predicted molar refractivity (Wildman–Crippen MR) is 76.2 cm³/mol. The van der Waals surface area contributed by atoms with Crippen molar-refractivity contribution >= 4 is 0 Å². The normalized spacial score (nSPS) is 12.9. The molecule has 0 bridgehead atoms. The summed E-state index contributed by atoms with van der Waals surface area (Å²) in [6.07, 6.45) is 5.39. The van der Waals surface area contributed by atoms with Crippen molar-refractivity contribution in [1.29, 1.82) is 0 Å². The first kappa shape index (κ1) is 16.1. The van der Waals surface area contributed by atoms with Crippen molar-refractivity contribution in [2.45, 2.75) is 52.0 Å². The number of hydrogen-bond acceptors (Lipinski definition) is 1. The van der Waals surface area contributed by atoms with Crippen LogP contribution in [0, 0.1) is 17.6 Å². The summed E-state index contributed by atoms with van der Waals surface area (Å²) < 4.78 is 26.2. The molecule has 1 aromatic carbocycles. The fourth-order valence-electron chi connectivity index (χ4n) is 2.71. The van der Waals surface area contributed by atoms with Crippen molar-refractivity contribution in [3.63, 3.8) is 0 Å². The fourth-order valence-corrected chi connectivity index (χ4v) is 2.71. The van der Waals surface area contributed by atoms with Crippen molar-refractivity contribution in [2.24, 2.45) is 5.92 Å². The fraction of sp³-hybridized carbons (Fsp3) is 0.625. The van der Waals surface area contributed by atoms with Gasteiger partial charge in [0.15, 0.2) is 11.6 Å². The molecule has 1 nitrogen and oxygen atoms in total. The number of halogens is 2. The Morgan fingerprint density at radius 2 is 1.68 bits per heavy atom. The molecule has 0 saturated carbocycles. The van der Waals surface area contributed by atoms with Crippen LogP contribution in [0.4, 0.5) is 8.78 Å². The Morgan fingerprint density at radius 3 is 2.16 bits per heavy atom. The van der Waals surface area contributed by atoms with Gasteiger partial charge in [0.2, 0.25) is 0 Å². The summed E-state index contributed by atoms with van der Waals surface area (Å²) in [6.45, 7) is 4.37. The summed E-state index contributed by atoms with van der Waals surface area (Å²) in [6, 6.07) is 4.53. The summed E-state index contributed by atoms with van der Waals surface area (Å²) in [5, 5.41) is 3.34. The average molecular weight is 269 g/mol. The Kier molecular flexibility index (Phi) is 7.00. The third-order valence-corrected chi connectivity index (χ3v) is 3.70. The van der Waals surface area contributed by atoms with Crippen LogP contribution < -0.4 is 5.32 Å². The van der Waals surface area contributed by atoms with E-state index in [0.717, 1.165) is 24.8 Å². The standard InChI is InChI=1S/C16H25F2N/c1-4-6-13(7-5-2)16(19-3)11-12-8-9-14(17)15(18)10-12/h8-10,13,16,19H,4-7,11H2,1-3H3. The molecule has 0 fully saturated rings. The monoisotopic (exact) mass is 269 g/mol. The molecule has 1 unspecified atom stereocenters. The summed E-state index contributed by atoms with van der Waals surface area (Å²) in [5.41, 5.74) is 0.857. The molecule has 0 radical (unpaired) electrons. The van der Waals surface area contributed by atoms with Crippen LogP contribution in [0.15, 0.2) is 18.2 Å². The summed E-state index contributed by atoms with van der Waals surface area (Å²) >= 11 is 0. The summed E-state index contributed by atoms with van der Waals surface area (Å²) in [7, 11) is 1.95. The van der Waals surface area contributed by atoms with Gasteiger partial charge in [-0.05, 0) is 49.9 Å². The Morgan fingerprint density at radius 1 is 1.05 bits per heavy atom. The zero-order chi connectivity index (χ0) is 14.3. The SMILES string of the molecule is CCCC(CCC)C(Cc1ccc(F)c(F)c1)NC. The first-order valence-electron chi connectivity index (χ1n) is 7.23. The minimum Gasteiger partial charge on any atom is -0.316 e. The minimum absolute atomic E-state index is 0.324. The largest absolute Gasteiger partial charge is 0.316 e. The summed E-state index contributed by atoms with van der Waals surface area (Å²) in [4.78, 5) is 0. The van der Waals surface area contributed by atoms with Crippen molar-refractivity contribution < 1.29 is 8.78 Å². The van der Waals surface area contributed by atoms with E-state index in [9.17, 15) is 8.78 Å². The van der Waals surface area contributed by atoms with E-state index in [1.165, 1.54) is 25.0 Å². The van der Waals surface area contributed by atoms with Crippen LogP contribution in [0.2, 0.25) is 0 Å². The molecule has 0 spiro atoms. The van der Waals surface area contributed by atoms with E-state index in [2.05, 4.69) is 19.2 Å². The van der Waals surface area contributed by atoms with Crippen molar-refractivity contribution in [1.82, 2.24) is 5.32 Å². The van der Waals surface area contributed by atoms with Gasteiger partial charge in [-0.2, -0.15) is 0 Å². The van der Waals surface area contributed by atoms with E-state index < -0.39 is 11.6 Å². The molecule has 1 N–H and O–H groups in total. The van der Waals surface area contributed by atoms with Crippen LogP contribution in [-0.4, -0.2) is 13.1 Å². The molecule has 1 atom stereocenters. The second-order valence-electron chi connectivity index (χ2n) is 5.19. The van der Waals surface area contributed by atoms with Gasteiger partial charge in [-0.25, -0.2) is 8.78 Å². The first-order chi connectivity index (χ1) is 9.12. The van der Waals surface area contributed by atoms with E-state index in [1.54, 1.807) is 6.07 Å². The molecule has 0 aromatic heterocycles. The van der Waals surface area contributed by atoms with Crippen LogP contribution in [0.3, 0.4) is 0 Å². The molecule has 0 amide bonds. The Labute approximate surface area is 115 Å². The van der Waals surface area contributed by atoms with Crippen LogP contribution in [0.5, 0.6) is 0 Å². The number of rotatable bonds is 8. The summed E-state index contributed by atoms with van der Waals surface area (Å²) in [5.74, 6) is -0.938. The zero-order valence-electron chi connectivity index (χ0n) is 12.2. The van der Waals surface area contributed by atoms with E-state index in [1.807, 2.05) is 7.05 Å². The van der Waals surface area contributed by atoms with Gasteiger partial charge in [-0.1, -0.05) is 32.8 Å². The number of nitrogens with one attached hydrogen (secondary N) is 1. The third kappa shape index (κ3) is 4.90. The molecule has 1 aromatic rings. The number of benzene rings is 1. The highest BCUT2D eigenvalue weighted by molar-refractivity contribution is 5.19. The molecular formula is C16H25F2N. The van der Waals surface area contributed by atoms with Gasteiger partial charge in [0.1, 0.15) is 0 Å². The van der Waals surface area contributed by atoms with Crippen molar-refractivity contribution in [3.05, 3.63) is 35.4 Å². The van der Waals surface area contributed by atoms with Gasteiger partial charge in [-0.3, -0.25) is 0 Å². The topological polar surface area (TPSA) is 12.0 Å². The van der Waals surface area contributed by atoms with Gasteiger partial charge in [0.05, 0.1) is 0 Å². The second kappa shape index (κ2) is 8.26. The molecule has 3 heteroatoms. The minimum atomic E-state index is -0.775. The smallest absolute Gasteiger partial charge is 0.159 e. The highest BCUT2D eigenvalue weighted by Gasteiger charge is 2.19. The molecule has 0 heterocycles. The zero-order valence-corrected chi connectivity index (χ0v) is 12.2. The van der Waals surface area contributed by atoms with Crippen LogP contribution in [0.25, 0.3) is 0 Å². The highest BCUT2D eigenvalue weighted by atomic mass is 19.2. The van der Waals surface area contributed by atoms with E-state index >= 15 is 0 Å². The molecule has 0 aliphatic rings. The lowest BCUT2D eigenvalue weighted by Crippen LogP contribution is -2.35. The predicted octanol–water partition coefficient (Wildman–Crippen LogP) is 4.31. The van der Waals surface area contributed by atoms with Gasteiger partial charge >= 0.3 is 0 Å². The van der Waals surface area contributed by atoms with Crippen LogP contribution >= 0.6 is 0 Å². The van der Waals surface area contributed by atoms with Crippen LogP contribution in [-0.2, 0) is 6.42 Å². The van der Waals surface area contributed by atoms with Gasteiger partial charge < -0.3 is 5.32 Å². The lowest BCUT2D eigenvalue weighted by Gasteiger charge is -2.26. The van der Waals surface area contributed by atoms with Gasteiger partial charge in [0.25, 0.3) is 0 Å². The van der Waals surface area contributed by atoms with E-state index in [0.29, 0.717) is 12.0 Å². The first-order valence-corrected chi connectivity index (χ1v) is 7.23. The maximum Gasteiger partial charge on any atom is 0.159 e.